The fourth-order valence-corrected chi connectivity index (χ4v) is 4.51. The number of nitrogens with zero attached hydrogens (tertiary/aromatic N) is 4. The molecule has 1 fully saturated rings. The van der Waals surface area contributed by atoms with Gasteiger partial charge >= 0.3 is 0 Å². The first-order valence-electron chi connectivity index (χ1n) is 11.8. The number of benzene rings is 1. The molecule has 0 saturated carbocycles. The molecule has 4 rings (SSSR count). The van der Waals surface area contributed by atoms with Crippen LogP contribution >= 0.6 is 9.24 Å². The molecule has 0 radical (unpaired) electrons. The Labute approximate surface area is 212 Å². The molecule has 2 N–H and O–H groups in total. The SMILES string of the molecule is CNC(=O)c1ccc(F)c(-c2ccnc(N3CCC(C)(P)C3)c2NC(=O)c2cnc(C(C)C)nc2)c1. The van der Waals surface area contributed by atoms with Crippen molar-refractivity contribution >= 4 is 32.6 Å². The molecular formula is C26H30FN6O2P. The standard InChI is InChI=1S/C26H30FN6O2P/c1-15(2)22-30-12-17(13-31-22)25(35)32-21-18(19-11-16(24(34)28-4)5-6-20(19)27)7-9-29-23(21)33-10-8-26(3,36)14-33/h5-7,9,11-13,15H,8,10,14,36H2,1-4H3,(H,28,34)(H,32,35). The lowest BCUT2D eigenvalue weighted by atomic mass is 10.0. The van der Waals surface area contributed by atoms with Crippen molar-refractivity contribution in [2.24, 2.45) is 0 Å². The van der Waals surface area contributed by atoms with Gasteiger partial charge in [-0.2, -0.15) is 0 Å². The molecule has 3 heterocycles. The molecule has 0 aliphatic carbocycles. The van der Waals surface area contributed by atoms with Crippen LogP contribution in [-0.2, 0) is 0 Å². The van der Waals surface area contributed by atoms with Gasteiger partial charge in [-0.05, 0) is 30.7 Å². The summed E-state index contributed by atoms with van der Waals surface area (Å²) in [6, 6.07) is 5.79. The van der Waals surface area contributed by atoms with Gasteiger partial charge in [0.05, 0.1) is 11.3 Å². The Morgan fingerprint density at radius 2 is 1.81 bits per heavy atom. The van der Waals surface area contributed by atoms with Crippen LogP contribution in [0.25, 0.3) is 11.1 Å². The summed E-state index contributed by atoms with van der Waals surface area (Å²) in [7, 11) is 4.39. The number of carbonyl (C=O) groups excluding carboxylic acids is 2. The van der Waals surface area contributed by atoms with Gasteiger partial charge in [0.1, 0.15) is 11.6 Å². The van der Waals surface area contributed by atoms with E-state index in [2.05, 4.69) is 46.6 Å². The Hall–Kier alpha value is -3.45. The van der Waals surface area contributed by atoms with Gasteiger partial charge in [-0.1, -0.05) is 20.8 Å². The maximum absolute atomic E-state index is 15.1. The highest BCUT2D eigenvalue weighted by Crippen LogP contribution is 2.40. The van der Waals surface area contributed by atoms with E-state index in [-0.39, 0.29) is 28.1 Å². The van der Waals surface area contributed by atoms with E-state index < -0.39 is 11.7 Å². The van der Waals surface area contributed by atoms with Gasteiger partial charge in [0, 0.05) is 66.5 Å². The molecule has 36 heavy (non-hydrogen) atoms. The monoisotopic (exact) mass is 508 g/mol. The molecule has 188 valence electrons. The van der Waals surface area contributed by atoms with Crippen LogP contribution in [0, 0.1) is 5.82 Å². The number of pyridine rings is 1. The molecule has 2 atom stereocenters. The molecule has 1 saturated heterocycles. The molecule has 1 aliphatic heterocycles. The minimum Gasteiger partial charge on any atom is -0.355 e. The second-order valence-electron chi connectivity index (χ2n) is 9.60. The van der Waals surface area contributed by atoms with Crippen molar-refractivity contribution in [2.45, 2.75) is 38.3 Å². The lowest BCUT2D eigenvalue weighted by Gasteiger charge is -2.25. The summed E-state index contributed by atoms with van der Waals surface area (Å²) < 4.78 is 15.1. The fourth-order valence-electron chi connectivity index (χ4n) is 4.16. The highest BCUT2D eigenvalue weighted by atomic mass is 31.0. The number of aromatic nitrogens is 3. The average Bonchev–Trinajstić information content (AvgIpc) is 3.23. The molecule has 2 aromatic heterocycles. The van der Waals surface area contributed by atoms with Crippen LogP contribution in [0.3, 0.4) is 0 Å². The van der Waals surface area contributed by atoms with E-state index in [0.717, 1.165) is 13.0 Å². The van der Waals surface area contributed by atoms with E-state index in [4.69, 9.17) is 0 Å². The van der Waals surface area contributed by atoms with E-state index in [1.807, 2.05) is 13.8 Å². The maximum atomic E-state index is 15.1. The Bertz CT molecular complexity index is 1300. The molecular weight excluding hydrogens is 478 g/mol. The molecule has 1 aliphatic rings. The van der Waals surface area contributed by atoms with Crippen molar-refractivity contribution in [1.82, 2.24) is 20.3 Å². The summed E-state index contributed by atoms with van der Waals surface area (Å²) in [5.41, 5.74) is 1.56. The predicted octanol–water partition coefficient (Wildman–Crippen LogP) is 4.26. The first-order valence-corrected chi connectivity index (χ1v) is 12.4. The Morgan fingerprint density at radius 1 is 1.08 bits per heavy atom. The van der Waals surface area contributed by atoms with Crippen LogP contribution in [0.5, 0.6) is 0 Å². The number of amides is 2. The van der Waals surface area contributed by atoms with Gasteiger partial charge in [-0.25, -0.2) is 19.3 Å². The van der Waals surface area contributed by atoms with Gasteiger partial charge < -0.3 is 15.5 Å². The molecule has 3 aromatic rings. The molecule has 1 aromatic carbocycles. The molecule has 0 bridgehead atoms. The van der Waals surface area contributed by atoms with Crippen LogP contribution in [0.15, 0.2) is 42.9 Å². The minimum absolute atomic E-state index is 0.0101. The second kappa shape index (κ2) is 10.3. The summed E-state index contributed by atoms with van der Waals surface area (Å²) >= 11 is 0. The van der Waals surface area contributed by atoms with E-state index in [9.17, 15) is 9.59 Å². The topological polar surface area (TPSA) is 100 Å². The zero-order valence-electron chi connectivity index (χ0n) is 20.8. The van der Waals surface area contributed by atoms with Crippen molar-refractivity contribution in [2.75, 3.05) is 30.4 Å². The highest BCUT2D eigenvalue weighted by molar-refractivity contribution is 7.19. The predicted molar refractivity (Wildman–Crippen MR) is 142 cm³/mol. The number of hydrogen-bond acceptors (Lipinski definition) is 6. The van der Waals surface area contributed by atoms with Gasteiger partial charge in [-0.15, -0.1) is 9.24 Å². The Balaban J connectivity index is 1.81. The summed E-state index contributed by atoms with van der Waals surface area (Å²) in [4.78, 5) is 40.7. The molecule has 2 unspecified atom stereocenters. The number of hydrogen-bond donors (Lipinski definition) is 2. The largest absolute Gasteiger partial charge is 0.355 e. The normalized spacial score (nSPS) is 17.4. The van der Waals surface area contributed by atoms with Gasteiger partial charge in [0.25, 0.3) is 11.8 Å². The minimum atomic E-state index is -0.516. The highest BCUT2D eigenvalue weighted by Gasteiger charge is 2.32. The van der Waals surface area contributed by atoms with Crippen LogP contribution in [0.4, 0.5) is 15.9 Å². The smallest absolute Gasteiger partial charge is 0.258 e. The summed E-state index contributed by atoms with van der Waals surface area (Å²) in [5, 5.41) is 5.49. The van der Waals surface area contributed by atoms with Crippen LogP contribution in [0.1, 0.15) is 59.7 Å². The third-order valence-electron chi connectivity index (χ3n) is 6.17. The second-order valence-corrected chi connectivity index (χ2v) is 11.0. The quantitative estimate of drug-likeness (QED) is 0.483. The molecule has 10 heteroatoms. The summed E-state index contributed by atoms with van der Waals surface area (Å²) in [6.45, 7) is 7.51. The van der Waals surface area contributed by atoms with Crippen molar-refractivity contribution in [3.63, 3.8) is 0 Å². The van der Waals surface area contributed by atoms with Gasteiger partial charge in [-0.3, -0.25) is 9.59 Å². The molecule has 2 amide bonds. The number of rotatable bonds is 6. The third kappa shape index (κ3) is 5.36. The van der Waals surface area contributed by atoms with Gasteiger partial charge in [0.15, 0.2) is 5.82 Å². The van der Waals surface area contributed by atoms with E-state index >= 15 is 4.39 Å². The van der Waals surface area contributed by atoms with Gasteiger partial charge in [0.2, 0.25) is 0 Å². The summed E-state index contributed by atoms with van der Waals surface area (Å²) in [5.74, 6) is 0.0202. The maximum Gasteiger partial charge on any atom is 0.258 e. The van der Waals surface area contributed by atoms with Crippen LogP contribution < -0.4 is 15.5 Å². The Morgan fingerprint density at radius 3 is 2.42 bits per heavy atom. The van der Waals surface area contributed by atoms with E-state index in [1.165, 1.54) is 37.6 Å². The van der Waals surface area contributed by atoms with Crippen LogP contribution in [-0.4, -0.2) is 52.1 Å². The number of anilines is 2. The first kappa shape index (κ1) is 25.6. The van der Waals surface area contributed by atoms with Crippen LogP contribution in [0.2, 0.25) is 0 Å². The lowest BCUT2D eigenvalue weighted by Crippen LogP contribution is -2.27. The fraction of sp³-hybridized carbons (Fsp3) is 0.346. The number of carbonyl (C=O) groups is 2. The number of halogens is 1. The summed E-state index contributed by atoms with van der Waals surface area (Å²) in [6.07, 6.45) is 5.47. The average molecular weight is 509 g/mol. The zero-order valence-corrected chi connectivity index (χ0v) is 22.0. The van der Waals surface area contributed by atoms with Crippen molar-refractivity contribution in [3.05, 3.63) is 65.6 Å². The van der Waals surface area contributed by atoms with Crippen molar-refractivity contribution in [3.8, 4) is 11.1 Å². The third-order valence-corrected chi connectivity index (χ3v) is 6.64. The lowest BCUT2D eigenvalue weighted by molar-refractivity contribution is 0.0962. The molecule has 8 nitrogen and oxygen atoms in total. The number of nitrogens with one attached hydrogen (secondary N) is 2. The van der Waals surface area contributed by atoms with Crippen molar-refractivity contribution < 1.29 is 14.0 Å². The first-order chi connectivity index (χ1) is 17.1. The van der Waals surface area contributed by atoms with E-state index in [1.54, 1.807) is 12.3 Å². The van der Waals surface area contributed by atoms with E-state index in [0.29, 0.717) is 35.0 Å². The zero-order chi connectivity index (χ0) is 26.0. The molecule has 0 spiro atoms. The Kier molecular flexibility index (Phi) is 7.31. The van der Waals surface area contributed by atoms with Crippen molar-refractivity contribution in [1.29, 1.82) is 0 Å².